The summed E-state index contributed by atoms with van der Waals surface area (Å²) in [5, 5.41) is 11.4. The van der Waals surface area contributed by atoms with E-state index >= 15 is 0 Å². The normalized spacial score (nSPS) is 10.4. The Bertz CT molecular complexity index is 510. The maximum Gasteiger partial charge on any atom is 0.192 e. The number of fused-ring (bicyclic) bond motifs is 1. The lowest BCUT2D eigenvalue weighted by Crippen LogP contribution is -2.12. The number of benzene rings is 1. The molecule has 1 heterocycles. The van der Waals surface area contributed by atoms with Crippen LogP contribution in [0.5, 0.6) is 0 Å². The second-order valence-electron chi connectivity index (χ2n) is 3.30. The van der Waals surface area contributed by atoms with Gasteiger partial charge in [-0.3, -0.25) is 0 Å². The highest BCUT2D eigenvalue weighted by Gasteiger charge is 2.02. The zero-order valence-electron chi connectivity index (χ0n) is 8.45. The Morgan fingerprint density at radius 3 is 3.20 bits per heavy atom. The minimum Gasteiger partial charge on any atom is -0.441 e. The average molecular weight is 201 g/mol. The van der Waals surface area contributed by atoms with Crippen LogP contribution in [0.1, 0.15) is 11.5 Å². The van der Waals surface area contributed by atoms with Gasteiger partial charge in [-0.15, -0.1) is 0 Å². The number of nitrogens with zero attached hydrogens (tertiary/aromatic N) is 2. The first-order valence-electron chi connectivity index (χ1n) is 4.73. The molecule has 2 rings (SSSR count). The number of hydrogen-bond acceptors (Lipinski definition) is 4. The third-order valence-electron chi connectivity index (χ3n) is 2.09. The Kier molecular flexibility index (Phi) is 2.66. The van der Waals surface area contributed by atoms with Crippen molar-refractivity contribution < 1.29 is 4.42 Å². The molecule has 0 saturated carbocycles. The molecule has 0 unspecified atom stereocenters. The van der Waals surface area contributed by atoms with Gasteiger partial charge in [0, 0.05) is 13.5 Å². The number of aryl methyl sites for hydroxylation is 1. The minimum absolute atomic E-state index is 0.355. The summed E-state index contributed by atoms with van der Waals surface area (Å²) in [7, 11) is 0. The summed E-state index contributed by atoms with van der Waals surface area (Å²) < 4.78 is 5.41. The van der Waals surface area contributed by atoms with E-state index in [1.54, 1.807) is 0 Å². The summed E-state index contributed by atoms with van der Waals surface area (Å²) in [6.45, 7) is 2.85. The summed E-state index contributed by atoms with van der Waals surface area (Å²) in [5.41, 5.74) is 2.76. The molecule has 0 radical (unpaired) electrons. The van der Waals surface area contributed by atoms with Crippen molar-refractivity contribution in [2.75, 3.05) is 6.54 Å². The van der Waals surface area contributed by atoms with Crippen LogP contribution in [0.2, 0.25) is 0 Å². The van der Waals surface area contributed by atoms with Crippen molar-refractivity contribution in [1.29, 1.82) is 5.26 Å². The predicted molar refractivity (Wildman–Crippen MR) is 56.1 cm³/mol. The number of oxazole rings is 1. The number of nitrogens with one attached hydrogen (secondary N) is 1. The number of nitriles is 1. The topological polar surface area (TPSA) is 61.9 Å². The summed E-state index contributed by atoms with van der Waals surface area (Å²) in [5.74, 6) is 0.673. The van der Waals surface area contributed by atoms with Crippen LogP contribution in [-0.2, 0) is 6.54 Å². The fraction of sp³-hybridized carbons (Fsp3) is 0.273. The second-order valence-corrected chi connectivity index (χ2v) is 3.30. The molecule has 0 amide bonds. The van der Waals surface area contributed by atoms with Crippen molar-refractivity contribution in [2.24, 2.45) is 0 Å². The monoisotopic (exact) mass is 201 g/mol. The van der Waals surface area contributed by atoms with E-state index in [1.807, 2.05) is 31.2 Å². The molecule has 1 aromatic heterocycles. The van der Waals surface area contributed by atoms with Crippen molar-refractivity contribution in [3.8, 4) is 6.07 Å². The zero-order chi connectivity index (χ0) is 10.7. The summed E-state index contributed by atoms with van der Waals surface area (Å²) in [6, 6.07) is 7.88. The van der Waals surface area contributed by atoms with Gasteiger partial charge < -0.3 is 9.73 Å². The third kappa shape index (κ3) is 2.14. The van der Waals surface area contributed by atoms with Crippen LogP contribution >= 0.6 is 0 Å². The summed E-state index contributed by atoms with van der Waals surface area (Å²) in [4.78, 5) is 4.21. The van der Waals surface area contributed by atoms with E-state index in [-0.39, 0.29) is 0 Å². The molecule has 15 heavy (non-hydrogen) atoms. The molecular weight excluding hydrogens is 190 g/mol. The van der Waals surface area contributed by atoms with E-state index in [2.05, 4.69) is 10.3 Å². The third-order valence-corrected chi connectivity index (χ3v) is 2.09. The maximum absolute atomic E-state index is 8.38. The number of rotatable bonds is 3. The smallest absolute Gasteiger partial charge is 0.192 e. The summed E-state index contributed by atoms with van der Waals surface area (Å²) >= 11 is 0. The van der Waals surface area contributed by atoms with Gasteiger partial charge in [-0.2, -0.15) is 5.26 Å². The van der Waals surface area contributed by atoms with Crippen LogP contribution in [0.3, 0.4) is 0 Å². The van der Waals surface area contributed by atoms with Gasteiger partial charge in [-0.25, -0.2) is 4.98 Å². The van der Waals surface area contributed by atoms with Crippen LogP contribution in [0, 0.1) is 18.3 Å². The lowest BCUT2D eigenvalue weighted by atomic mass is 10.2. The van der Waals surface area contributed by atoms with Crippen LogP contribution in [-0.4, -0.2) is 11.5 Å². The SMILES string of the molecule is Cc1nc2ccc(CNCC#N)cc2o1. The molecule has 0 atom stereocenters. The Balaban J connectivity index is 2.19. The number of aromatic nitrogens is 1. The van der Waals surface area contributed by atoms with Gasteiger partial charge in [0.15, 0.2) is 11.5 Å². The van der Waals surface area contributed by atoms with Crippen LogP contribution in [0.4, 0.5) is 0 Å². The Morgan fingerprint density at radius 2 is 2.40 bits per heavy atom. The molecule has 0 bridgehead atoms. The molecule has 0 aliphatic rings. The minimum atomic E-state index is 0.355. The van der Waals surface area contributed by atoms with Crippen molar-refractivity contribution in [1.82, 2.24) is 10.3 Å². The summed E-state index contributed by atoms with van der Waals surface area (Å²) in [6.07, 6.45) is 0. The molecule has 1 N–H and O–H groups in total. The molecular formula is C11H11N3O. The molecule has 4 heteroatoms. The lowest BCUT2D eigenvalue weighted by Gasteiger charge is -1.99. The van der Waals surface area contributed by atoms with Crippen molar-refractivity contribution in [3.63, 3.8) is 0 Å². The van der Waals surface area contributed by atoms with E-state index < -0.39 is 0 Å². The van der Waals surface area contributed by atoms with Crippen molar-refractivity contribution in [3.05, 3.63) is 29.7 Å². The second kappa shape index (κ2) is 4.11. The molecule has 0 spiro atoms. The van der Waals surface area contributed by atoms with E-state index in [0.29, 0.717) is 19.0 Å². The Morgan fingerprint density at radius 1 is 1.53 bits per heavy atom. The quantitative estimate of drug-likeness (QED) is 0.607. The fourth-order valence-corrected chi connectivity index (χ4v) is 1.46. The van der Waals surface area contributed by atoms with Gasteiger partial charge in [-0.05, 0) is 17.7 Å². The van der Waals surface area contributed by atoms with Crippen molar-refractivity contribution >= 4 is 11.1 Å². The molecule has 0 saturated heterocycles. The Labute approximate surface area is 87.5 Å². The number of hydrogen-bond donors (Lipinski definition) is 1. The largest absolute Gasteiger partial charge is 0.441 e. The van der Waals surface area contributed by atoms with E-state index in [0.717, 1.165) is 16.7 Å². The standard InChI is InChI=1S/C11H11N3O/c1-8-14-10-3-2-9(6-11(10)15-8)7-13-5-4-12/h2-3,6,13H,5,7H2,1H3. The maximum atomic E-state index is 8.38. The van der Waals surface area contributed by atoms with Gasteiger partial charge >= 0.3 is 0 Å². The molecule has 4 nitrogen and oxygen atoms in total. The zero-order valence-corrected chi connectivity index (χ0v) is 8.45. The van der Waals surface area contributed by atoms with Gasteiger partial charge in [0.2, 0.25) is 0 Å². The highest BCUT2D eigenvalue weighted by molar-refractivity contribution is 5.73. The van der Waals surface area contributed by atoms with Gasteiger partial charge in [-0.1, -0.05) is 6.07 Å². The van der Waals surface area contributed by atoms with Crippen molar-refractivity contribution in [2.45, 2.75) is 13.5 Å². The first kappa shape index (κ1) is 9.69. The highest BCUT2D eigenvalue weighted by Crippen LogP contribution is 2.16. The van der Waals surface area contributed by atoms with Gasteiger partial charge in [0.25, 0.3) is 0 Å². The van der Waals surface area contributed by atoms with Crippen LogP contribution in [0.25, 0.3) is 11.1 Å². The molecule has 0 fully saturated rings. The molecule has 1 aromatic carbocycles. The van der Waals surface area contributed by atoms with Gasteiger partial charge in [0.05, 0.1) is 12.6 Å². The van der Waals surface area contributed by atoms with E-state index in [1.165, 1.54) is 0 Å². The first-order chi connectivity index (χ1) is 7.29. The molecule has 0 aliphatic heterocycles. The van der Waals surface area contributed by atoms with Crippen LogP contribution in [0.15, 0.2) is 22.6 Å². The fourth-order valence-electron chi connectivity index (χ4n) is 1.46. The van der Waals surface area contributed by atoms with Crippen LogP contribution < -0.4 is 5.32 Å². The molecule has 0 aliphatic carbocycles. The molecule has 2 aromatic rings. The lowest BCUT2D eigenvalue weighted by molar-refractivity contribution is 0.560. The van der Waals surface area contributed by atoms with E-state index in [9.17, 15) is 0 Å². The average Bonchev–Trinajstić information content (AvgIpc) is 2.57. The predicted octanol–water partition coefficient (Wildman–Crippen LogP) is 1.75. The molecule has 76 valence electrons. The Hall–Kier alpha value is -1.86. The van der Waals surface area contributed by atoms with Gasteiger partial charge in [0.1, 0.15) is 5.52 Å². The van der Waals surface area contributed by atoms with E-state index in [4.69, 9.17) is 9.68 Å². The first-order valence-corrected chi connectivity index (χ1v) is 4.73. The highest BCUT2D eigenvalue weighted by atomic mass is 16.3.